The number of aryl methyl sites for hydroxylation is 3. The normalized spacial score (nSPS) is 15.0. The zero-order chi connectivity index (χ0) is 27.0. The lowest BCUT2D eigenvalue weighted by Gasteiger charge is -2.39. The first kappa shape index (κ1) is 28.8. The molecule has 6 nitrogen and oxygen atoms in total. The summed E-state index contributed by atoms with van der Waals surface area (Å²) in [6.45, 7) is 13.7. The molecule has 36 heavy (non-hydrogen) atoms. The number of carbonyl (C=O) groups excluding carboxylic acids is 1. The first-order valence-corrected chi connectivity index (χ1v) is 12.1. The van der Waals surface area contributed by atoms with Gasteiger partial charge in [-0.2, -0.15) is 0 Å². The van der Waals surface area contributed by atoms with E-state index < -0.39 is 17.2 Å². The number of carbonyl (C=O) groups is 2. The number of halogens is 1. The maximum atomic E-state index is 14.3. The average molecular weight is 496 g/mol. The number of aromatic nitrogens is 1. The molecule has 0 radical (unpaired) electrons. The fraction of sp³-hybridized carbons (Fsp3) is 0.414. The number of hydrogen-bond donors (Lipinski definition) is 2. The minimum Gasteiger partial charge on any atom is -0.481 e. The minimum absolute atomic E-state index is 0.0408. The average Bonchev–Trinajstić information content (AvgIpc) is 2.83. The number of carboxylic acids is 1. The van der Waals surface area contributed by atoms with Crippen molar-refractivity contribution in [3.8, 4) is 0 Å². The lowest BCUT2D eigenvalue weighted by Crippen LogP contribution is -2.48. The van der Waals surface area contributed by atoms with E-state index in [1.165, 1.54) is 6.07 Å². The van der Waals surface area contributed by atoms with E-state index in [2.05, 4.69) is 16.9 Å². The van der Waals surface area contributed by atoms with Gasteiger partial charge in [-0.25, -0.2) is 4.39 Å². The molecular weight excluding hydrogens is 457 g/mol. The van der Waals surface area contributed by atoms with Crippen LogP contribution in [-0.4, -0.2) is 47.0 Å². The summed E-state index contributed by atoms with van der Waals surface area (Å²) in [5.74, 6) is -1.77. The molecule has 0 atom stereocenters. The second-order valence-corrected chi connectivity index (χ2v) is 9.63. The van der Waals surface area contributed by atoms with Crippen LogP contribution < -0.4 is 5.32 Å². The van der Waals surface area contributed by atoms with E-state index in [1.54, 1.807) is 24.0 Å². The molecule has 1 amide bonds. The third-order valence-electron chi connectivity index (χ3n) is 6.59. The lowest BCUT2D eigenvalue weighted by atomic mass is 9.74. The zero-order valence-electron chi connectivity index (χ0n) is 22.2. The van der Waals surface area contributed by atoms with Crippen LogP contribution in [0.5, 0.6) is 0 Å². The number of piperidine rings is 1. The maximum absolute atomic E-state index is 14.3. The van der Waals surface area contributed by atoms with Crippen LogP contribution in [-0.2, 0) is 11.2 Å². The summed E-state index contributed by atoms with van der Waals surface area (Å²) in [6.07, 6.45) is 2.96. The highest BCUT2D eigenvalue weighted by atomic mass is 19.1. The van der Waals surface area contributed by atoms with Gasteiger partial charge in [0.1, 0.15) is 5.82 Å². The van der Waals surface area contributed by atoms with Crippen LogP contribution in [0.3, 0.4) is 0 Å². The van der Waals surface area contributed by atoms with E-state index in [1.807, 2.05) is 53.0 Å². The second-order valence-electron chi connectivity index (χ2n) is 9.63. The van der Waals surface area contributed by atoms with Crippen molar-refractivity contribution < 1.29 is 19.1 Å². The molecule has 0 spiro atoms. The van der Waals surface area contributed by atoms with Crippen molar-refractivity contribution >= 4 is 11.9 Å². The molecule has 1 aliphatic heterocycles. The summed E-state index contributed by atoms with van der Waals surface area (Å²) >= 11 is 0. The Morgan fingerprint density at radius 3 is 2.31 bits per heavy atom. The van der Waals surface area contributed by atoms with Gasteiger partial charge in [-0.05, 0) is 76.8 Å². The predicted octanol–water partition coefficient (Wildman–Crippen LogP) is 5.38. The van der Waals surface area contributed by atoms with Gasteiger partial charge in [0.15, 0.2) is 0 Å². The quantitative estimate of drug-likeness (QED) is 0.526. The summed E-state index contributed by atoms with van der Waals surface area (Å²) in [6, 6.07) is 8.61. The number of nitrogens with one attached hydrogen (secondary N) is 1. The van der Waals surface area contributed by atoms with Crippen molar-refractivity contribution in [3.05, 3.63) is 88.2 Å². The molecular formula is C29H38FN3O3. The van der Waals surface area contributed by atoms with Crippen molar-refractivity contribution in [3.63, 3.8) is 0 Å². The third-order valence-corrected chi connectivity index (χ3v) is 6.59. The van der Waals surface area contributed by atoms with Crippen molar-refractivity contribution in [2.45, 2.75) is 53.9 Å². The fourth-order valence-corrected chi connectivity index (χ4v) is 4.21. The highest BCUT2D eigenvalue weighted by Crippen LogP contribution is 2.36. The number of benzene rings is 1. The Morgan fingerprint density at radius 1 is 1.14 bits per heavy atom. The van der Waals surface area contributed by atoms with Crippen LogP contribution >= 0.6 is 0 Å². The molecule has 0 saturated carbocycles. The van der Waals surface area contributed by atoms with E-state index in [4.69, 9.17) is 0 Å². The predicted molar refractivity (Wildman–Crippen MR) is 141 cm³/mol. The van der Waals surface area contributed by atoms with Gasteiger partial charge < -0.3 is 15.3 Å². The molecule has 1 aromatic carbocycles. The molecule has 0 aliphatic carbocycles. The van der Waals surface area contributed by atoms with Crippen LogP contribution in [0.25, 0.3) is 0 Å². The molecule has 2 heterocycles. The molecule has 1 fully saturated rings. The highest BCUT2D eigenvalue weighted by molar-refractivity contribution is 5.95. The van der Waals surface area contributed by atoms with E-state index >= 15 is 0 Å². The van der Waals surface area contributed by atoms with Gasteiger partial charge in [0.2, 0.25) is 0 Å². The van der Waals surface area contributed by atoms with E-state index in [0.717, 1.165) is 28.2 Å². The molecule has 2 N–H and O–H groups in total. The number of likely N-dealkylation sites (tertiary alicyclic amines) is 1. The number of hydrogen-bond acceptors (Lipinski definition) is 4. The van der Waals surface area contributed by atoms with Crippen molar-refractivity contribution in [1.82, 2.24) is 15.2 Å². The van der Waals surface area contributed by atoms with Gasteiger partial charge in [0.05, 0.1) is 11.0 Å². The second kappa shape index (κ2) is 12.5. The number of rotatable bonds is 6. The van der Waals surface area contributed by atoms with Gasteiger partial charge >= 0.3 is 5.97 Å². The molecule has 7 heteroatoms. The van der Waals surface area contributed by atoms with Gasteiger partial charge in [0, 0.05) is 43.6 Å². The Bertz CT molecular complexity index is 1150. The largest absolute Gasteiger partial charge is 0.481 e. The van der Waals surface area contributed by atoms with Crippen LogP contribution in [0.2, 0.25) is 0 Å². The SMILES string of the molecule is C=C(C)/C=C(/C)NC.Cc1ccc(C)c(CC2(C(=O)O)CCN(C(=O)c3cccc(C)c3F)CC2)n1. The molecule has 1 aliphatic rings. The summed E-state index contributed by atoms with van der Waals surface area (Å²) in [5.41, 5.74) is 4.33. The third kappa shape index (κ3) is 7.26. The zero-order valence-corrected chi connectivity index (χ0v) is 22.2. The first-order valence-electron chi connectivity index (χ1n) is 12.1. The Morgan fingerprint density at radius 2 is 1.78 bits per heavy atom. The number of nitrogens with zero attached hydrogens (tertiary/aromatic N) is 2. The van der Waals surface area contributed by atoms with Crippen molar-refractivity contribution in [1.29, 1.82) is 0 Å². The highest BCUT2D eigenvalue weighted by Gasteiger charge is 2.43. The van der Waals surface area contributed by atoms with Crippen molar-refractivity contribution in [2.75, 3.05) is 20.1 Å². The fourth-order valence-electron chi connectivity index (χ4n) is 4.21. The summed E-state index contributed by atoms with van der Waals surface area (Å²) in [4.78, 5) is 30.9. The van der Waals surface area contributed by atoms with Crippen LogP contribution in [0.4, 0.5) is 4.39 Å². The smallest absolute Gasteiger partial charge is 0.310 e. The molecule has 194 valence electrons. The van der Waals surface area contributed by atoms with Crippen molar-refractivity contribution in [2.24, 2.45) is 5.41 Å². The number of carboxylic acid groups (broad SMARTS) is 1. The lowest BCUT2D eigenvalue weighted by molar-refractivity contribution is -0.151. The van der Waals surface area contributed by atoms with Gasteiger partial charge in [-0.1, -0.05) is 30.4 Å². The van der Waals surface area contributed by atoms with Crippen LogP contribution in [0, 0.1) is 32.0 Å². The number of allylic oxidation sites excluding steroid dienone is 3. The molecule has 0 unspecified atom stereocenters. The Hall–Kier alpha value is -3.48. The molecule has 2 aromatic rings. The van der Waals surface area contributed by atoms with E-state index in [-0.39, 0.29) is 24.6 Å². The van der Waals surface area contributed by atoms with Gasteiger partial charge in [-0.15, -0.1) is 0 Å². The summed E-state index contributed by atoms with van der Waals surface area (Å²) in [7, 11) is 1.90. The molecule has 3 rings (SSSR count). The first-order chi connectivity index (χ1) is 16.9. The minimum atomic E-state index is -0.965. The van der Waals surface area contributed by atoms with E-state index in [0.29, 0.717) is 24.8 Å². The molecule has 1 saturated heterocycles. The number of pyridine rings is 1. The molecule has 1 aromatic heterocycles. The monoisotopic (exact) mass is 495 g/mol. The number of aliphatic carboxylic acids is 1. The van der Waals surface area contributed by atoms with E-state index in [9.17, 15) is 19.1 Å². The Balaban J connectivity index is 0.000000493. The number of amides is 1. The topological polar surface area (TPSA) is 82.5 Å². The van der Waals surface area contributed by atoms with Gasteiger partial charge in [0.25, 0.3) is 5.91 Å². The standard InChI is InChI=1S/C22H25FN2O3.C7H13N/c1-14-7-8-16(3)24-18(14)13-22(21(27)28)9-11-25(12-10-22)20(26)17-6-4-5-15(2)19(17)23;1-6(2)5-7(3)8-4/h4-8H,9-13H2,1-3H3,(H,27,28);5,8H,1H2,2-4H3/b;7-5-. The van der Waals surface area contributed by atoms with Crippen LogP contribution in [0.1, 0.15) is 59.6 Å². The Labute approximate surface area is 213 Å². The maximum Gasteiger partial charge on any atom is 0.310 e. The van der Waals surface area contributed by atoms with Gasteiger partial charge in [-0.3, -0.25) is 14.6 Å². The Kier molecular flexibility index (Phi) is 9.96. The molecule has 0 bridgehead atoms. The summed E-state index contributed by atoms with van der Waals surface area (Å²) in [5, 5.41) is 12.9. The van der Waals surface area contributed by atoms with Crippen LogP contribution in [0.15, 0.2) is 54.3 Å². The summed E-state index contributed by atoms with van der Waals surface area (Å²) < 4.78 is 14.3.